The van der Waals surface area contributed by atoms with Gasteiger partial charge in [-0.05, 0) is 38.5 Å². The molecule has 0 saturated carbocycles. The average Bonchev–Trinajstić information content (AvgIpc) is 2.86. The van der Waals surface area contributed by atoms with Crippen molar-refractivity contribution in [2.45, 2.75) is 32.8 Å². The summed E-state index contributed by atoms with van der Waals surface area (Å²) >= 11 is 1.22. The fraction of sp³-hybridized carbons (Fsp3) is 0.571. The molecule has 0 fully saturated rings. The standard InChI is InChI=1S/C14H21N3OS/c1-4-7-12(5-2)18-14-13(15-19-16-14)11-8-6-9-17(3)10-11/h4,7-8,12H,5-6,9-10H2,1-3H3. The van der Waals surface area contributed by atoms with Crippen molar-refractivity contribution in [3.63, 3.8) is 0 Å². The summed E-state index contributed by atoms with van der Waals surface area (Å²) in [6.07, 6.45) is 8.40. The number of hydrogen-bond donors (Lipinski definition) is 0. The Hall–Kier alpha value is -1.20. The van der Waals surface area contributed by atoms with E-state index in [1.54, 1.807) is 0 Å². The Kier molecular flexibility index (Phi) is 5.10. The topological polar surface area (TPSA) is 38.3 Å². The number of nitrogens with zero attached hydrogens (tertiary/aromatic N) is 3. The highest BCUT2D eigenvalue weighted by Gasteiger charge is 2.19. The second kappa shape index (κ2) is 6.82. The van der Waals surface area contributed by atoms with Crippen LogP contribution in [0.15, 0.2) is 18.2 Å². The molecule has 0 saturated heterocycles. The molecular weight excluding hydrogens is 258 g/mol. The maximum Gasteiger partial charge on any atom is 0.254 e. The van der Waals surface area contributed by atoms with E-state index >= 15 is 0 Å². The van der Waals surface area contributed by atoms with E-state index in [0.717, 1.165) is 31.6 Å². The van der Waals surface area contributed by atoms with Crippen LogP contribution >= 0.6 is 11.7 Å². The van der Waals surface area contributed by atoms with Crippen molar-refractivity contribution in [3.05, 3.63) is 23.9 Å². The largest absolute Gasteiger partial charge is 0.468 e. The summed E-state index contributed by atoms with van der Waals surface area (Å²) in [6, 6.07) is 0. The molecule has 0 bridgehead atoms. The van der Waals surface area contributed by atoms with E-state index in [1.807, 2.05) is 13.0 Å². The first-order chi connectivity index (χ1) is 9.24. The van der Waals surface area contributed by atoms with Gasteiger partial charge < -0.3 is 9.64 Å². The van der Waals surface area contributed by atoms with Crippen LogP contribution in [0.5, 0.6) is 5.88 Å². The van der Waals surface area contributed by atoms with Crippen LogP contribution in [-0.2, 0) is 0 Å². The molecule has 1 aliphatic heterocycles. The van der Waals surface area contributed by atoms with Crippen LogP contribution in [0.25, 0.3) is 5.57 Å². The first-order valence-corrected chi connectivity index (χ1v) is 7.47. The SMILES string of the molecule is CC=CC(CC)Oc1nsnc1C1=CCCN(C)C1. The Morgan fingerprint density at radius 3 is 3.05 bits per heavy atom. The summed E-state index contributed by atoms with van der Waals surface area (Å²) in [5.74, 6) is 0.677. The van der Waals surface area contributed by atoms with E-state index in [2.05, 4.69) is 39.8 Å². The maximum absolute atomic E-state index is 5.95. The van der Waals surface area contributed by atoms with E-state index in [4.69, 9.17) is 4.74 Å². The minimum atomic E-state index is 0.0783. The van der Waals surface area contributed by atoms with E-state index in [-0.39, 0.29) is 6.10 Å². The van der Waals surface area contributed by atoms with Gasteiger partial charge in [0.15, 0.2) is 0 Å². The highest BCUT2D eigenvalue weighted by Crippen LogP contribution is 2.28. The van der Waals surface area contributed by atoms with Crippen molar-refractivity contribution in [2.75, 3.05) is 20.1 Å². The number of hydrogen-bond acceptors (Lipinski definition) is 5. The molecule has 5 heteroatoms. The summed E-state index contributed by atoms with van der Waals surface area (Å²) in [4.78, 5) is 2.29. The van der Waals surface area contributed by atoms with Gasteiger partial charge in [-0.25, -0.2) is 0 Å². The lowest BCUT2D eigenvalue weighted by atomic mass is 10.1. The number of rotatable bonds is 5. The Morgan fingerprint density at radius 2 is 2.37 bits per heavy atom. The first kappa shape index (κ1) is 14.2. The zero-order valence-corrected chi connectivity index (χ0v) is 12.6. The maximum atomic E-state index is 5.95. The Bertz CT molecular complexity index is 467. The van der Waals surface area contributed by atoms with Gasteiger partial charge in [0.25, 0.3) is 5.88 Å². The lowest BCUT2D eigenvalue weighted by molar-refractivity contribution is 0.236. The van der Waals surface area contributed by atoms with Crippen LogP contribution in [0.3, 0.4) is 0 Å². The van der Waals surface area contributed by atoms with Gasteiger partial charge in [-0.2, -0.15) is 4.37 Å². The molecule has 0 amide bonds. The molecule has 4 nitrogen and oxygen atoms in total. The minimum absolute atomic E-state index is 0.0783. The number of likely N-dealkylation sites (N-methyl/N-ethyl adjacent to an activating group) is 1. The normalized spacial score (nSPS) is 18.6. The van der Waals surface area contributed by atoms with Gasteiger partial charge in [0.05, 0.1) is 11.7 Å². The third kappa shape index (κ3) is 3.64. The monoisotopic (exact) mass is 279 g/mol. The molecular formula is C14H21N3OS. The van der Waals surface area contributed by atoms with E-state index in [9.17, 15) is 0 Å². The molecule has 0 aromatic carbocycles. The average molecular weight is 279 g/mol. The van der Waals surface area contributed by atoms with Crippen molar-refractivity contribution in [1.29, 1.82) is 0 Å². The molecule has 2 heterocycles. The fourth-order valence-corrected chi connectivity index (χ4v) is 2.66. The molecule has 2 rings (SSSR count). The van der Waals surface area contributed by atoms with Crippen molar-refractivity contribution in [3.8, 4) is 5.88 Å². The fourth-order valence-electron chi connectivity index (χ4n) is 2.14. The lowest BCUT2D eigenvalue weighted by Crippen LogP contribution is -2.25. The van der Waals surface area contributed by atoms with Crippen LogP contribution in [-0.4, -0.2) is 39.9 Å². The summed E-state index contributed by atoms with van der Waals surface area (Å²) in [6.45, 7) is 6.14. The summed E-state index contributed by atoms with van der Waals surface area (Å²) in [5.41, 5.74) is 2.15. The molecule has 1 aromatic rings. The summed E-state index contributed by atoms with van der Waals surface area (Å²) in [7, 11) is 2.13. The van der Waals surface area contributed by atoms with Crippen molar-refractivity contribution in [1.82, 2.24) is 13.6 Å². The Morgan fingerprint density at radius 1 is 1.53 bits per heavy atom. The highest BCUT2D eigenvalue weighted by atomic mass is 32.1. The molecule has 1 unspecified atom stereocenters. The quantitative estimate of drug-likeness (QED) is 0.777. The second-order valence-electron chi connectivity index (χ2n) is 4.76. The van der Waals surface area contributed by atoms with Crippen molar-refractivity contribution < 1.29 is 4.74 Å². The predicted molar refractivity (Wildman–Crippen MR) is 79.5 cm³/mol. The van der Waals surface area contributed by atoms with E-state index in [0.29, 0.717) is 5.88 Å². The van der Waals surface area contributed by atoms with Crippen LogP contribution in [0.1, 0.15) is 32.4 Å². The van der Waals surface area contributed by atoms with E-state index < -0.39 is 0 Å². The number of ether oxygens (including phenoxy) is 1. The zero-order chi connectivity index (χ0) is 13.7. The smallest absolute Gasteiger partial charge is 0.254 e. The van der Waals surface area contributed by atoms with Crippen molar-refractivity contribution in [2.24, 2.45) is 0 Å². The van der Waals surface area contributed by atoms with Crippen LogP contribution in [0.4, 0.5) is 0 Å². The van der Waals surface area contributed by atoms with Crippen molar-refractivity contribution >= 4 is 17.3 Å². The Balaban J connectivity index is 2.15. The molecule has 104 valence electrons. The van der Waals surface area contributed by atoms with Gasteiger partial charge in [0.2, 0.25) is 0 Å². The molecule has 19 heavy (non-hydrogen) atoms. The lowest BCUT2D eigenvalue weighted by Gasteiger charge is -2.22. The summed E-state index contributed by atoms with van der Waals surface area (Å²) in [5, 5.41) is 0. The van der Waals surface area contributed by atoms with Gasteiger partial charge in [-0.3, -0.25) is 0 Å². The van der Waals surface area contributed by atoms with Gasteiger partial charge in [-0.15, -0.1) is 4.37 Å². The van der Waals surface area contributed by atoms with Gasteiger partial charge in [0, 0.05) is 13.1 Å². The van der Waals surface area contributed by atoms with Crippen LogP contribution in [0.2, 0.25) is 0 Å². The number of aromatic nitrogens is 2. The first-order valence-electron chi connectivity index (χ1n) is 6.74. The zero-order valence-electron chi connectivity index (χ0n) is 11.8. The molecule has 0 radical (unpaired) electrons. The third-order valence-electron chi connectivity index (χ3n) is 3.18. The molecule has 1 aliphatic rings. The molecule has 0 aliphatic carbocycles. The molecule has 1 atom stereocenters. The molecule has 0 spiro atoms. The van der Waals surface area contributed by atoms with Crippen LogP contribution in [0, 0.1) is 0 Å². The molecule has 1 aromatic heterocycles. The van der Waals surface area contributed by atoms with E-state index in [1.165, 1.54) is 17.3 Å². The van der Waals surface area contributed by atoms with Crippen LogP contribution < -0.4 is 4.74 Å². The summed E-state index contributed by atoms with van der Waals surface area (Å²) < 4.78 is 14.7. The van der Waals surface area contributed by atoms with Gasteiger partial charge in [-0.1, -0.05) is 19.1 Å². The number of allylic oxidation sites excluding steroid dienone is 1. The third-order valence-corrected chi connectivity index (χ3v) is 3.69. The minimum Gasteiger partial charge on any atom is -0.468 e. The molecule has 0 N–H and O–H groups in total. The Labute approximate surface area is 119 Å². The van der Waals surface area contributed by atoms with Gasteiger partial charge in [0.1, 0.15) is 11.8 Å². The second-order valence-corrected chi connectivity index (χ2v) is 5.29. The predicted octanol–water partition coefficient (Wildman–Crippen LogP) is 2.99. The van der Waals surface area contributed by atoms with Gasteiger partial charge >= 0.3 is 0 Å². The highest BCUT2D eigenvalue weighted by molar-refractivity contribution is 6.99.